The highest BCUT2D eigenvalue weighted by molar-refractivity contribution is 5.31. The van der Waals surface area contributed by atoms with Crippen molar-refractivity contribution in [1.29, 1.82) is 0 Å². The highest BCUT2D eigenvalue weighted by Crippen LogP contribution is 2.24. The number of aliphatic hydroxyl groups is 1. The molecular weight excluding hydrogens is 231 g/mol. The zero-order valence-corrected chi connectivity index (χ0v) is 10.8. The van der Waals surface area contributed by atoms with Crippen LogP contribution in [0.1, 0.15) is 35.5 Å². The first-order valence-corrected chi connectivity index (χ1v) is 6.01. The molecule has 0 saturated heterocycles. The second-order valence-electron chi connectivity index (χ2n) is 4.44. The van der Waals surface area contributed by atoms with Gasteiger partial charge in [0.2, 0.25) is 0 Å². The van der Waals surface area contributed by atoms with E-state index in [-0.39, 0.29) is 5.82 Å². The van der Waals surface area contributed by atoms with Gasteiger partial charge in [-0.2, -0.15) is 5.10 Å². The van der Waals surface area contributed by atoms with Gasteiger partial charge in [0.15, 0.2) is 0 Å². The van der Waals surface area contributed by atoms with E-state index in [1.54, 1.807) is 23.7 Å². The Morgan fingerprint density at radius 3 is 2.67 bits per heavy atom. The molecule has 1 N–H and O–H groups in total. The third-order valence-electron chi connectivity index (χ3n) is 3.01. The Balaban J connectivity index is 2.40. The maximum absolute atomic E-state index is 13.2. The lowest BCUT2D eigenvalue weighted by Gasteiger charge is -2.13. The Labute approximate surface area is 106 Å². The minimum Gasteiger partial charge on any atom is -0.382 e. The number of aromatic nitrogens is 2. The Morgan fingerprint density at radius 2 is 2.06 bits per heavy atom. The van der Waals surface area contributed by atoms with Crippen molar-refractivity contribution >= 4 is 0 Å². The van der Waals surface area contributed by atoms with Crippen molar-refractivity contribution < 1.29 is 9.50 Å². The van der Waals surface area contributed by atoms with Gasteiger partial charge in [-0.15, -0.1) is 0 Å². The van der Waals surface area contributed by atoms with Gasteiger partial charge in [0.1, 0.15) is 11.9 Å². The molecule has 0 aliphatic rings. The summed E-state index contributed by atoms with van der Waals surface area (Å²) < 4.78 is 15.0. The fourth-order valence-electron chi connectivity index (χ4n) is 2.05. The van der Waals surface area contributed by atoms with Gasteiger partial charge in [-0.05, 0) is 44.0 Å². The van der Waals surface area contributed by atoms with Gasteiger partial charge in [-0.1, -0.05) is 12.1 Å². The molecule has 0 aliphatic heterocycles. The average Bonchev–Trinajstić information content (AvgIpc) is 2.73. The summed E-state index contributed by atoms with van der Waals surface area (Å²) >= 11 is 0. The van der Waals surface area contributed by atoms with Crippen molar-refractivity contribution in [2.24, 2.45) is 0 Å². The van der Waals surface area contributed by atoms with E-state index in [9.17, 15) is 9.50 Å². The molecule has 0 fully saturated rings. The lowest BCUT2D eigenvalue weighted by atomic mass is 10.0. The highest BCUT2D eigenvalue weighted by Gasteiger charge is 2.16. The summed E-state index contributed by atoms with van der Waals surface area (Å²) in [6.45, 7) is 6.24. The van der Waals surface area contributed by atoms with Crippen LogP contribution < -0.4 is 0 Å². The lowest BCUT2D eigenvalue weighted by Crippen LogP contribution is -2.09. The largest absolute Gasteiger partial charge is 0.382 e. The van der Waals surface area contributed by atoms with E-state index in [0.717, 1.165) is 11.4 Å². The SMILES string of the molecule is CCn1nc(C)cc1C(O)c1ccc(F)c(C)c1. The second-order valence-corrected chi connectivity index (χ2v) is 4.44. The second kappa shape index (κ2) is 4.90. The van der Waals surface area contributed by atoms with Crippen LogP contribution in [0.2, 0.25) is 0 Å². The molecule has 96 valence electrons. The maximum Gasteiger partial charge on any atom is 0.126 e. The first kappa shape index (κ1) is 12.8. The summed E-state index contributed by atoms with van der Waals surface area (Å²) in [5.41, 5.74) is 2.82. The molecule has 18 heavy (non-hydrogen) atoms. The first-order valence-electron chi connectivity index (χ1n) is 6.01. The summed E-state index contributed by atoms with van der Waals surface area (Å²) in [5, 5.41) is 14.6. The van der Waals surface area contributed by atoms with E-state index in [0.29, 0.717) is 17.7 Å². The molecule has 0 amide bonds. The van der Waals surface area contributed by atoms with Crippen molar-refractivity contribution in [3.8, 4) is 0 Å². The average molecular weight is 248 g/mol. The highest BCUT2D eigenvalue weighted by atomic mass is 19.1. The fourth-order valence-corrected chi connectivity index (χ4v) is 2.05. The van der Waals surface area contributed by atoms with E-state index in [1.807, 2.05) is 19.9 Å². The van der Waals surface area contributed by atoms with Crippen LogP contribution in [-0.2, 0) is 6.54 Å². The van der Waals surface area contributed by atoms with Gasteiger partial charge in [-0.25, -0.2) is 4.39 Å². The van der Waals surface area contributed by atoms with E-state index in [2.05, 4.69) is 5.10 Å². The molecule has 0 bridgehead atoms. The zero-order valence-electron chi connectivity index (χ0n) is 10.8. The smallest absolute Gasteiger partial charge is 0.126 e. The molecule has 2 aromatic rings. The van der Waals surface area contributed by atoms with Crippen LogP contribution in [0.4, 0.5) is 4.39 Å². The standard InChI is InChI=1S/C14H17FN2O/c1-4-17-13(8-10(3)16-17)14(18)11-5-6-12(15)9(2)7-11/h5-8,14,18H,4H2,1-3H3. The van der Waals surface area contributed by atoms with Crippen molar-refractivity contribution in [2.75, 3.05) is 0 Å². The van der Waals surface area contributed by atoms with E-state index in [4.69, 9.17) is 0 Å². The molecule has 1 aromatic heterocycles. The molecule has 0 radical (unpaired) electrons. The lowest BCUT2D eigenvalue weighted by molar-refractivity contribution is 0.208. The van der Waals surface area contributed by atoms with Gasteiger partial charge in [-0.3, -0.25) is 4.68 Å². The van der Waals surface area contributed by atoms with Crippen LogP contribution in [0, 0.1) is 19.7 Å². The van der Waals surface area contributed by atoms with E-state index < -0.39 is 6.10 Å². The number of aliphatic hydroxyl groups excluding tert-OH is 1. The quantitative estimate of drug-likeness (QED) is 0.907. The van der Waals surface area contributed by atoms with Crippen LogP contribution in [0.5, 0.6) is 0 Å². The Hall–Kier alpha value is -1.68. The topological polar surface area (TPSA) is 38.0 Å². The number of rotatable bonds is 3. The normalized spacial score (nSPS) is 12.7. The van der Waals surface area contributed by atoms with Crippen molar-refractivity contribution in [2.45, 2.75) is 33.4 Å². The number of benzene rings is 1. The van der Waals surface area contributed by atoms with Gasteiger partial charge in [0, 0.05) is 6.54 Å². The Kier molecular flexibility index (Phi) is 3.48. The molecule has 0 spiro atoms. The molecule has 0 aliphatic carbocycles. The number of hydrogen-bond donors (Lipinski definition) is 1. The summed E-state index contributed by atoms with van der Waals surface area (Å²) in [6, 6.07) is 6.51. The molecule has 1 heterocycles. The minimum atomic E-state index is -0.773. The third kappa shape index (κ3) is 2.29. The van der Waals surface area contributed by atoms with E-state index in [1.165, 1.54) is 6.07 Å². The van der Waals surface area contributed by atoms with E-state index >= 15 is 0 Å². The monoisotopic (exact) mass is 248 g/mol. The first-order chi connectivity index (χ1) is 8.52. The number of hydrogen-bond acceptors (Lipinski definition) is 2. The maximum atomic E-state index is 13.2. The Morgan fingerprint density at radius 1 is 1.33 bits per heavy atom. The molecule has 1 aromatic carbocycles. The molecule has 4 heteroatoms. The van der Waals surface area contributed by atoms with Crippen molar-refractivity contribution in [1.82, 2.24) is 9.78 Å². The molecule has 0 saturated carbocycles. The molecular formula is C14H17FN2O. The number of aryl methyl sites for hydroxylation is 3. The molecule has 3 nitrogen and oxygen atoms in total. The Bertz CT molecular complexity index is 563. The molecule has 1 atom stereocenters. The van der Waals surface area contributed by atoms with Gasteiger partial charge in [0.25, 0.3) is 0 Å². The summed E-state index contributed by atoms with van der Waals surface area (Å²) in [4.78, 5) is 0. The number of halogens is 1. The molecule has 1 unspecified atom stereocenters. The summed E-state index contributed by atoms with van der Waals surface area (Å²) in [6.07, 6.45) is -0.773. The fraction of sp³-hybridized carbons (Fsp3) is 0.357. The van der Waals surface area contributed by atoms with Crippen LogP contribution in [-0.4, -0.2) is 14.9 Å². The van der Waals surface area contributed by atoms with Crippen LogP contribution in [0.3, 0.4) is 0 Å². The zero-order chi connectivity index (χ0) is 13.3. The van der Waals surface area contributed by atoms with Gasteiger partial charge < -0.3 is 5.11 Å². The summed E-state index contributed by atoms with van der Waals surface area (Å²) in [7, 11) is 0. The van der Waals surface area contributed by atoms with Crippen LogP contribution in [0.25, 0.3) is 0 Å². The minimum absolute atomic E-state index is 0.258. The molecule has 2 rings (SSSR count). The summed E-state index contributed by atoms with van der Waals surface area (Å²) in [5.74, 6) is -0.258. The third-order valence-corrected chi connectivity index (χ3v) is 3.01. The number of nitrogens with zero attached hydrogens (tertiary/aromatic N) is 2. The predicted molar refractivity (Wildman–Crippen MR) is 67.8 cm³/mol. The van der Waals surface area contributed by atoms with Crippen LogP contribution >= 0.6 is 0 Å². The van der Waals surface area contributed by atoms with Crippen molar-refractivity contribution in [3.05, 3.63) is 52.6 Å². The predicted octanol–water partition coefficient (Wildman–Crippen LogP) is 2.74. The van der Waals surface area contributed by atoms with Gasteiger partial charge in [0.05, 0.1) is 11.4 Å². The van der Waals surface area contributed by atoms with Gasteiger partial charge >= 0.3 is 0 Å². The van der Waals surface area contributed by atoms with Crippen molar-refractivity contribution in [3.63, 3.8) is 0 Å². The van der Waals surface area contributed by atoms with Crippen LogP contribution in [0.15, 0.2) is 24.3 Å².